The molecule has 2 heterocycles. The van der Waals surface area contributed by atoms with Crippen molar-refractivity contribution in [3.63, 3.8) is 0 Å². The van der Waals surface area contributed by atoms with Gasteiger partial charge in [0.2, 0.25) is 0 Å². The molecule has 5 heteroatoms. The summed E-state index contributed by atoms with van der Waals surface area (Å²) in [6, 6.07) is 3.46. The predicted molar refractivity (Wildman–Crippen MR) is 65.6 cm³/mol. The van der Waals surface area contributed by atoms with Crippen LogP contribution in [0.2, 0.25) is 5.15 Å². The van der Waals surface area contributed by atoms with E-state index in [4.69, 9.17) is 16.3 Å². The van der Waals surface area contributed by atoms with E-state index in [1.54, 1.807) is 12.1 Å². The lowest BCUT2D eigenvalue weighted by Gasteiger charge is -2.06. The highest BCUT2D eigenvalue weighted by molar-refractivity contribution is 6.33. The van der Waals surface area contributed by atoms with Crippen LogP contribution in [0.4, 0.5) is 0 Å². The van der Waals surface area contributed by atoms with Gasteiger partial charge in [0.25, 0.3) is 0 Å². The maximum absolute atomic E-state index is 11.6. The lowest BCUT2D eigenvalue weighted by Crippen LogP contribution is -2.04. The quantitative estimate of drug-likeness (QED) is 0.772. The molecular formula is C12H13ClN2O2. The SMILES string of the molecule is COC(=O)c1cccn2c(C(C)C)nc(Cl)c12. The zero-order valence-corrected chi connectivity index (χ0v) is 10.7. The van der Waals surface area contributed by atoms with E-state index in [-0.39, 0.29) is 5.92 Å². The Balaban J connectivity index is 2.77. The van der Waals surface area contributed by atoms with E-state index in [0.717, 1.165) is 5.82 Å². The molecular weight excluding hydrogens is 240 g/mol. The molecule has 0 radical (unpaired) electrons. The van der Waals surface area contributed by atoms with Crippen LogP contribution in [0.15, 0.2) is 18.3 Å². The van der Waals surface area contributed by atoms with Crippen LogP contribution in [0.3, 0.4) is 0 Å². The van der Waals surface area contributed by atoms with Gasteiger partial charge >= 0.3 is 5.97 Å². The Morgan fingerprint density at radius 2 is 2.24 bits per heavy atom. The average Bonchev–Trinajstić information content (AvgIpc) is 2.66. The molecule has 0 atom stereocenters. The van der Waals surface area contributed by atoms with Crippen LogP contribution in [0.1, 0.15) is 35.9 Å². The lowest BCUT2D eigenvalue weighted by atomic mass is 10.2. The molecule has 0 saturated carbocycles. The number of aromatic nitrogens is 2. The largest absolute Gasteiger partial charge is 0.465 e. The van der Waals surface area contributed by atoms with Gasteiger partial charge in [0.15, 0.2) is 5.15 Å². The van der Waals surface area contributed by atoms with Gasteiger partial charge < -0.3 is 9.14 Å². The average molecular weight is 253 g/mol. The van der Waals surface area contributed by atoms with Gasteiger partial charge in [0.05, 0.1) is 18.2 Å². The van der Waals surface area contributed by atoms with Gasteiger partial charge in [-0.3, -0.25) is 0 Å². The van der Waals surface area contributed by atoms with Crippen molar-refractivity contribution in [1.82, 2.24) is 9.38 Å². The van der Waals surface area contributed by atoms with Crippen LogP contribution < -0.4 is 0 Å². The molecule has 2 rings (SSSR count). The molecule has 2 aromatic rings. The first kappa shape index (κ1) is 11.9. The van der Waals surface area contributed by atoms with Crippen molar-refractivity contribution in [3.05, 3.63) is 34.9 Å². The van der Waals surface area contributed by atoms with Gasteiger partial charge in [-0.2, -0.15) is 0 Å². The Kier molecular flexibility index (Phi) is 3.07. The third kappa shape index (κ3) is 1.89. The van der Waals surface area contributed by atoms with Crippen LogP contribution in [0, 0.1) is 0 Å². The minimum absolute atomic E-state index is 0.225. The molecule has 0 aliphatic heterocycles. The maximum Gasteiger partial charge on any atom is 0.340 e. The monoisotopic (exact) mass is 252 g/mol. The lowest BCUT2D eigenvalue weighted by molar-refractivity contribution is 0.0602. The minimum Gasteiger partial charge on any atom is -0.465 e. The number of pyridine rings is 1. The molecule has 4 nitrogen and oxygen atoms in total. The smallest absolute Gasteiger partial charge is 0.340 e. The summed E-state index contributed by atoms with van der Waals surface area (Å²) < 4.78 is 6.56. The van der Waals surface area contributed by atoms with Gasteiger partial charge in [0, 0.05) is 12.1 Å². The molecule has 0 unspecified atom stereocenters. The van der Waals surface area contributed by atoms with Crippen molar-refractivity contribution in [3.8, 4) is 0 Å². The summed E-state index contributed by atoms with van der Waals surface area (Å²) in [7, 11) is 1.35. The summed E-state index contributed by atoms with van der Waals surface area (Å²) >= 11 is 6.09. The topological polar surface area (TPSA) is 43.6 Å². The van der Waals surface area contributed by atoms with Crippen molar-refractivity contribution in [1.29, 1.82) is 0 Å². The van der Waals surface area contributed by atoms with Crippen LogP contribution in [-0.2, 0) is 4.74 Å². The molecule has 0 fully saturated rings. The van der Waals surface area contributed by atoms with Gasteiger partial charge in [-0.1, -0.05) is 25.4 Å². The third-order valence-electron chi connectivity index (χ3n) is 2.57. The number of methoxy groups -OCH3 is 1. The fraction of sp³-hybridized carbons (Fsp3) is 0.333. The fourth-order valence-electron chi connectivity index (χ4n) is 1.80. The standard InChI is InChI=1S/C12H13ClN2O2/c1-7(2)11-14-10(13)9-8(12(16)17-3)5-4-6-15(9)11/h4-7H,1-3H3. The highest BCUT2D eigenvalue weighted by atomic mass is 35.5. The number of hydrogen-bond donors (Lipinski definition) is 0. The molecule has 90 valence electrons. The summed E-state index contributed by atoms with van der Waals surface area (Å²) in [5.41, 5.74) is 1.03. The zero-order chi connectivity index (χ0) is 12.6. The number of ether oxygens (including phenoxy) is 1. The summed E-state index contributed by atoms with van der Waals surface area (Å²) in [4.78, 5) is 15.9. The Hall–Kier alpha value is -1.55. The normalized spacial score (nSPS) is 11.1. The Morgan fingerprint density at radius 3 is 2.82 bits per heavy atom. The first-order valence-electron chi connectivity index (χ1n) is 5.31. The summed E-state index contributed by atoms with van der Waals surface area (Å²) in [5.74, 6) is 0.645. The van der Waals surface area contributed by atoms with E-state index in [2.05, 4.69) is 4.98 Å². The van der Waals surface area contributed by atoms with Crippen molar-refractivity contribution >= 4 is 23.1 Å². The molecule has 0 saturated heterocycles. The number of nitrogens with zero attached hydrogens (tertiary/aromatic N) is 2. The Labute approximate surface area is 104 Å². The number of halogens is 1. The first-order chi connectivity index (χ1) is 8.06. The summed E-state index contributed by atoms with van der Waals surface area (Å²) in [6.07, 6.45) is 1.84. The molecule has 0 spiro atoms. The Bertz CT molecular complexity index is 575. The number of esters is 1. The van der Waals surface area contributed by atoms with E-state index in [0.29, 0.717) is 16.2 Å². The second kappa shape index (κ2) is 4.37. The number of carbonyl (C=O) groups is 1. The van der Waals surface area contributed by atoms with E-state index >= 15 is 0 Å². The number of fused-ring (bicyclic) bond motifs is 1. The predicted octanol–water partition coefficient (Wildman–Crippen LogP) is 2.90. The van der Waals surface area contributed by atoms with Crippen LogP contribution in [-0.4, -0.2) is 22.5 Å². The van der Waals surface area contributed by atoms with Gasteiger partial charge in [-0.15, -0.1) is 0 Å². The number of hydrogen-bond acceptors (Lipinski definition) is 3. The third-order valence-corrected chi connectivity index (χ3v) is 2.83. The minimum atomic E-state index is -0.410. The van der Waals surface area contributed by atoms with Gasteiger partial charge in [0.1, 0.15) is 5.82 Å². The van der Waals surface area contributed by atoms with E-state index in [1.807, 2.05) is 24.4 Å². The fourth-order valence-corrected chi connectivity index (χ4v) is 2.08. The molecule has 17 heavy (non-hydrogen) atoms. The zero-order valence-electron chi connectivity index (χ0n) is 9.90. The van der Waals surface area contributed by atoms with Crippen LogP contribution in [0.25, 0.3) is 5.52 Å². The van der Waals surface area contributed by atoms with E-state index in [1.165, 1.54) is 7.11 Å². The van der Waals surface area contributed by atoms with Crippen molar-refractivity contribution in [2.45, 2.75) is 19.8 Å². The number of imidazole rings is 1. The number of carbonyl (C=O) groups excluding carboxylic acids is 1. The first-order valence-corrected chi connectivity index (χ1v) is 5.68. The molecule has 0 amide bonds. The highest BCUT2D eigenvalue weighted by Gasteiger charge is 2.18. The molecule has 2 aromatic heterocycles. The van der Waals surface area contributed by atoms with E-state index < -0.39 is 5.97 Å². The molecule has 0 aliphatic rings. The Morgan fingerprint density at radius 1 is 1.53 bits per heavy atom. The van der Waals surface area contributed by atoms with Crippen LogP contribution >= 0.6 is 11.6 Å². The molecule has 0 bridgehead atoms. The van der Waals surface area contributed by atoms with Gasteiger partial charge in [-0.25, -0.2) is 9.78 Å². The maximum atomic E-state index is 11.6. The van der Waals surface area contributed by atoms with Gasteiger partial charge in [-0.05, 0) is 12.1 Å². The summed E-state index contributed by atoms with van der Waals surface area (Å²) in [5, 5.41) is 0.328. The van der Waals surface area contributed by atoms with Crippen LogP contribution in [0.5, 0.6) is 0 Å². The summed E-state index contributed by atoms with van der Waals surface area (Å²) in [6.45, 7) is 4.05. The number of rotatable bonds is 2. The molecule has 0 aromatic carbocycles. The molecule has 0 aliphatic carbocycles. The highest BCUT2D eigenvalue weighted by Crippen LogP contribution is 2.26. The van der Waals surface area contributed by atoms with Crippen molar-refractivity contribution in [2.75, 3.05) is 7.11 Å². The van der Waals surface area contributed by atoms with Crippen molar-refractivity contribution in [2.24, 2.45) is 0 Å². The second-order valence-electron chi connectivity index (χ2n) is 4.05. The second-order valence-corrected chi connectivity index (χ2v) is 4.41. The van der Waals surface area contributed by atoms with Crippen molar-refractivity contribution < 1.29 is 9.53 Å². The van der Waals surface area contributed by atoms with E-state index in [9.17, 15) is 4.79 Å². The molecule has 0 N–H and O–H groups in total.